The molecule has 1 aliphatic rings. The zero-order chi connectivity index (χ0) is 24.5. The van der Waals surface area contributed by atoms with Crippen molar-refractivity contribution in [2.45, 2.75) is 77.9 Å². The van der Waals surface area contributed by atoms with E-state index in [-0.39, 0.29) is 24.5 Å². The molecule has 2 amide bonds. The van der Waals surface area contributed by atoms with Crippen molar-refractivity contribution in [3.8, 4) is 11.5 Å². The van der Waals surface area contributed by atoms with Gasteiger partial charge >= 0.3 is 0 Å². The van der Waals surface area contributed by atoms with Crippen LogP contribution in [0.5, 0.6) is 11.5 Å². The molecular formula is C28H38N2O4. The number of rotatable bonds is 10. The van der Waals surface area contributed by atoms with Crippen molar-refractivity contribution in [2.24, 2.45) is 0 Å². The van der Waals surface area contributed by atoms with Gasteiger partial charge in [0.25, 0.3) is 5.91 Å². The van der Waals surface area contributed by atoms with Gasteiger partial charge in [0.15, 0.2) is 6.61 Å². The fourth-order valence-electron chi connectivity index (χ4n) is 4.58. The number of hydrogen-bond acceptors (Lipinski definition) is 4. The summed E-state index contributed by atoms with van der Waals surface area (Å²) < 4.78 is 11.1. The molecule has 2 aromatic carbocycles. The summed E-state index contributed by atoms with van der Waals surface area (Å²) in [5.41, 5.74) is 3.06. The summed E-state index contributed by atoms with van der Waals surface area (Å²) in [4.78, 5) is 28.4. The van der Waals surface area contributed by atoms with Gasteiger partial charge in [-0.1, -0.05) is 56.0 Å². The summed E-state index contributed by atoms with van der Waals surface area (Å²) in [7, 11) is 1.62. The molecule has 1 aliphatic carbocycles. The smallest absolute Gasteiger partial charge is 0.261 e. The number of methoxy groups -OCH3 is 1. The standard InChI is InChI=1S/C28H38N2O4/c1-5-25(28(32)29-23-9-7-6-8-10-23)30(18-22-12-14-24(33-4)15-13-22)27(31)19-34-26-16-11-20(2)17-21(26)3/h11-17,23,25H,5-10,18-19H2,1-4H3,(H,29,32)/t25-/m0/s1. The van der Waals surface area contributed by atoms with Gasteiger partial charge in [-0.3, -0.25) is 9.59 Å². The third kappa shape index (κ3) is 6.99. The quantitative estimate of drug-likeness (QED) is 0.538. The van der Waals surface area contributed by atoms with Crippen molar-refractivity contribution in [1.29, 1.82) is 0 Å². The van der Waals surface area contributed by atoms with E-state index in [1.165, 1.54) is 6.42 Å². The number of carbonyl (C=O) groups is 2. The first kappa shape index (κ1) is 25.6. The van der Waals surface area contributed by atoms with Crippen LogP contribution in [0, 0.1) is 13.8 Å². The molecule has 0 aliphatic heterocycles. The van der Waals surface area contributed by atoms with Crippen LogP contribution in [0.15, 0.2) is 42.5 Å². The van der Waals surface area contributed by atoms with Crippen LogP contribution in [-0.2, 0) is 16.1 Å². The SMILES string of the molecule is CC[C@@H](C(=O)NC1CCCCC1)N(Cc1ccc(OC)cc1)C(=O)COc1ccc(C)cc1C. The molecule has 6 nitrogen and oxygen atoms in total. The second-order valence-electron chi connectivity index (χ2n) is 9.19. The number of hydrogen-bond donors (Lipinski definition) is 1. The summed E-state index contributed by atoms with van der Waals surface area (Å²) in [6.07, 6.45) is 6.04. The Hall–Kier alpha value is -3.02. The molecule has 1 saturated carbocycles. The van der Waals surface area contributed by atoms with Crippen LogP contribution >= 0.6 is 0 Å². The van der Waals surface area contributed by atoms with Crippen molar-refractivity contribution >= 4 is 11.8 Å². The number of aryl methyl sites for hydroxylation is 2. The van der Waals surface area contributed by atoms with E-state index in [0.717, 1.165) is 48.1 Å². The second-order valence-corrected chi connectivity index (χ2v) is 9.19. The highest BCUT2D eigenvalue weighted by atomic mass is 16.5. The van der Waals surface area contributed by atoms with Gasteiger partial charge in [-0.2, -0.15) is 0 Å². The molecule has 0 spiro atoms. The van der Waals surface area contributed by atoms with Crippen molar-refractivity contribution in [1.82, 2.24) is 10.2 Å². The number of benzene rings is 2. The Morgan fingerprint density at radius 2 is 1.76 bits per heavy atom. The Morgan fingerprint density at radius 3 is 2.38 bits per heavy atom. The van der Waals surface area contributed by atoms with E-state index in [1.54, 1.807) is 12.0 Å². The van der Waals surface area contributed by atoms with E-state index in [0.29, 0.717) is 18.7 Å². The predicted molar refractivity (Wildman–Crippen MR) is 134 cm³/mol. The molecule has 0 aromatic heterocycles. The third-order valence-corrected chi connectivity index (χ3v) is 6.53. The highest BCUT2D eigenvalue weighted by Gasteiger charge is 2.30. The summed E-state index contributed by atoms with van der Waals surface area (Å²) >= 11 is 0. The Bertz CT molecular complexity index is 951. The maximum absolute atomic E-state index is 13.4. The fraction of sp³-hybridized carbons (Fsp3) is 0.500. The Kier molecular flexibility index (Phi) is 9.37. The topological polar surface area (TPSA) is 67.9 Å². The van der Waals surface area contributed by atoms with E-state index in [9.17, 15) is 9.59 Å². The van der Waals surface area contributed by atoms with E-state index in [4.69, 9.17) is 9.47 Å². The number of nitrogens with one attached hydrogen (secondary N) is 1. The van der Waals surface area contributed by atoms with Gasteiger partial charge in [0.1, 0.15) is 17.5 Å². The van der Waals surface area contributed by atoms with Gasteiger partial charge in [0.2, 0.25) is 5.91 Å². The lowest BCUT2D eigenvalue weighted by Crippen LogP contribution is -2.52. The molecule has 34 heavy (non-hydrogen) atoms. The molecule has 0 heterocycles. The monoisotopic (exact) mass is 466 g/mol. The van der Waals surface area contributed by atoms with Gasteiger partial charge in [-0.25, -0.2) is 0 Å². The highest BCUT2D eigenvalue weighted by Crippen LogP contribution is 2.21. The third-order valence-electron chi connectivity index (χ3n) is 6.53. The first-order valence-electron chi connectivity index (χ1n) is 12.3. The van der Waals surface area contributed by atoms with Crippen molar-refractivity contribution < 1.29 is 19.1 Å². The van der Waals surface area contributed by atoms with Gasteiger partial charge in [0.05, 0.1) is 7.11 Å². The van der Waals surface area contributed by atoms with Crippen LogP contribution < -0.4 is 14.8 Å². The van der Waals surface area contributed by atoms with E-state index < -0.39 is 6.04 Å². The molecule has 3 rings (SSSR count). The second kappa shape index (κ2) is 12.4. The maximum Gasteiger partial charge on any atom is 0.261 e. The highest BCUT2D eigenvalue weighted by molar-refractivity contribution is 5.88. The van der Waals surface area contributed by atoms with Crippen LogP contribution in [0.4, 0.5) is 0 Å². The molecule has 1 fully saturated rings. The van der Waals surface area contributed by atoms with E-state index in [1.807, 2.05) is 63.2 Å². The van der Waals surface area contributed by atoms with Crippen LogP contribution in [0.2, 0.25) is 0 Å². The Labute approximate surface area is 203 Å². The van der Waals surface area contributed by atoms with E-state index >= 15 is 0 Å². The molecule has 0 unspecified atom stereocenters. The minimum atomic E-state index is -0.556. The first-order chi connectivity index (χ1) is 16.4. The van der Waals surface area contributed by atoms with Crippen molar-refractivity contribution in [3.05, 3.63) is 59.2 Å². The zero-order valence-corrected chi connectivity index (χ0v) is 20.9. The average Bonchev–Trinajstić information content (AvgIpc) is 2.84. The molecule has 6 heteroatoms. The van der Waals surface area contributed by atoms with Crippen LogP contribution in [0.3, 0.4) is 0 Å². The Morgan fingerprint density at radius 1 is 1.06 bits per heavy atom. The molecular weight excluding hydrogens is 428 g/mol. The molecule has 1 atom stereocenters. The first-order valence-corrected chi connectivity index (χ1v) is 12.3. The number of amides is 2. The van der Waals surface area contributed by atoms with Gasteiger partial charge in [-0.05, 0) is 62.4 Å². The molecule has 0 bridgehead atoms. The largest absolute Gasteiger partial charge is 0.497 e. The normalized spacial score (nSPS) is 14.8. The lowest BCUT2D eigenvalue weighted by Gasteiger charge is -2.32. The van der Waals surface area contributed by atoms with Gasteiger partial charge in [0, 0.05) is 12.6 Å². The molecule has 0 saturated heterocycles. The number of carbonyl (C=O) groups excluding carboxylic acids is 2. The van der Waals surface area contributed by atoms with Gasteiger partial charge < -0.3 is 19.7 Å². The minimum absolute atomic E-state index is 0.0808. The van der Waals surface area contributed by atoms with Crippen molar-refractivity contribution in [3.63, 3.8) is 0 Å². The van der Waals surface area contributed by atoms with Crippen LogP contribution in [0.25, 0.3) is 0 Å². The number of ether oxygens (including phenoxy) is 2. The van der Waals surface area contributed by atoms with Crippen LogP contribution in [-0.4, -0.2) is 42.5 Å². The fourth-order valence-corrected chi connectivity index (χ4v) is 4.58. The maximum atomic E-state index is 13.4. The lowest BCUT2D eigenvalue weighted by atomic mass is 9.95. The molecule has 2 aromatic rings. The molecule has 0 radical (unpaired) electrons. The number of nitrogens with zero attached hydrogens (tertiary/aromatic N) is 1. The minimum Gasteiger partial charge on any atom is -0.497 e. The molecule has 1 N–H and O–H groups in total. The average molecular weight is 467 g/mol. The summed E-state index contributed by atoms with van der Waals surface area (Å²) in [6.45, 7) is 6.15. The summed E-state index contributed by atoms with van der Waals surface area (Å²) in [6, 6.07) is 13.1. The predicted octanol–water partition coefficient (Wildman–Crippen LogP) is 4.95. The summed E-state index contributed by atoms with van der Waals surface area (Å²) in [5, 5.41) is 3.20. The van der Waals surface area contributed by atoms with Gasteiger partial charge in [-0.15, -0.1) is 0 Å². The van der Waals surface area contributed by atoms with Crippen LogP contribution in [0.1, 0.15) is 62.1 Å². The molecule has 184 valence electrons. The lowest BCUT2D eigenvalue weighted by molar-refractivity contribution is -0.143. The van der Waals surface area contributed by atoms with Crippen molar-refractivity contribution in [2.75, 3.05) is 13.7 Å². The zero-order valence-electron chi connectivity index (χ0n) is 20.9. The van der Waals surface area contributed by atoms with E-state index in [2.05, 4.69) is 5.32 Å². The summed E-state index contributed by atoms with van der Waals surface area (Å²) in [5.74, 6) is 1.15. The Balaban J connectivity index is 1.77.